The van der Waals surface area contributed by atoms with E-state index in [4.69, 9.17) is 0 Å². The molecule has 0 radical (unpaired) electrons. The number of benzene rings is 1. The van der Waals surface area contributed by atoms with Crippen LogP contribution in [0.15, 0.2) is 24.3 Å². The van der Waals surface area contributed by atoms with Gasteiger partial charge in [0.15, 0.2) is 0 Å². The van der Waals surface area contributed by atoms with Gasteiger partial charge in [0.25, 0.3) is 0 Å². The second-order valence-corrected chi connectivity index (χ2v) is 4.84. The maximum absolute atomic E-state index is 9.54. The highest BCUT2D eigenvalue weighted by atomic mass is 16.3. The van der Waals surface area contributed by atoms with E-state index >= 15 is 0 Å². The Labute approximate surface area is 97.7 Å². The SMILES string of the molecule is CC(O)c1cccc(CC2CCCNC2)c1. The van der Waals surface area contributed by atoms with Gasteiger partial charge in [0.1, 0.15) is 0 Å². The lowest BCUT2D eigenvalue weighted by atomic mass is 9.91. The summed E-state index contributed by atoms with van der Waals surface area (Å²) in [5, 5.41) is 13.0. The van der Waals surface area contributed by atoms with Crippen molar-refractivity contribution in [2.75, 3.05) is 13.1 Å². The van der Waals surface area contributed by atoms with Crippen LogP contribution in [0.1, 0.15) is 37.0 Å². The zero-order valence-corrected chi connectivity index (χ0v) is 9.95. The number of nitrogens with one attached hydrogen (secondary N) is 1. The highest BCUT2D eigenvalue weighted by molar-refractivity contribution is 5.25. The van der Waals surface area contributed by atoms with Gasteiger partial charge >= 0.3 is 0 Å². The predicted molar refractivity (Wildman–Crippen MR) is 66.4 cm³/mol. The molecule has 0 bridgehead atoms. The van der Waals surface area contributed by atoms with Crippen molar-refractivity contribution in [1.82, 2.24) is 5.32 Å². The Morgan fingerprint density at radius 2 is 2.38 bits per heavy atom. The normalized spacial score (nSPS) is 23.0. The van der Waals surface area contributed by atoms with E-state index in [9.17, 15) is 5.11 Å². The van der Waals surface area contributed by atoms with Crippen LogP contribution in [0.25, 0.3) is 0 Å². The molecule has 2 nitrogen and oxygen atoms in total. The fourth-order valence-electron chi connectivity index (χ4n) is 2.41. The van der Waals surface area contributed by atoms with Gasteiger partial charge in [-0.3, -0.25) is 0 Å². The van der Waals surface area contributed by atoms with Gasteiger partial charge in [-0.15, -0.1) is 0 Å². The molecule has 2 rings (SSSR count). The Morgan fingerprint density at radius 3 is 3.06 bits per heavy atom. The maximum Gasteiger partial charge on any atom is 0.0762 e. The molecular formula is C14H21NO. The molecule has 1 fully saturated rings. The molecule has 1 aromatic carbocycles. The van der Waals surface area contributed by atoms with Crippen molar-refractivity contribution in [3.8, 4) is 0 Å². The number of piperidine rings is 1. The first-order chi connectivity index (χ1) is 7.75. The van der Waals surface area contributed by atoms with Crippen LogP contribution in [0.2, 0.25) is 0 Å². The van der Waals surface area contributed by atoms with E-state index in [1.807, 2.05) is 19.1 Å². The van der Waals surface area contributed by atoms with Crippen molar-refractivity contribution in [3.63, 3.8) is 0 Å². The predicted octanol–water partition coefficient (Wildman–Crippen LogP) is 2.28. The summed E-state index contributed by atoms with van der Waals surface area (Å²) in [6, 6.07) is 8.35. The van der Waals surface area contributed by atoms with Crippen molar-refractivity contribution >= 4 is 0 Å². The lowest BCUT2D eigenvalue weighted by Crippen LogP contribution is -2.30. The Hall–Kier alpha value is -0.860. The van der Waals surface area contributed by atoms with Crippen molar-refractivity contribution in [3.05, 3.63) is 35.4 Å². The van der Waals surface area contributed by atoms with E-state index in [0.717, 1.165) is 24.4 Å². The third-order valence-electron chi connectivity index (χ3n) is 3.36. The van der Waals surface area contributed by atoms with E-state index in [-0.39, 0.29) is 6.10 Å². The molecule has 0 spiro atoms. The van der Waals surface area contributed by atoms with Crippen molar-refractivity contribution in [2.24, 2.45) is 5.92 Å². The molecule has 1 saturated heterocycles. The Bertz CT molecular complexity index is 329. The smallest absolute Gasteiger partial charge is 0.0762 e. The van der Waals surface area contributed by atoms with Crippen LogP contribution in [0.3, 0.4) is 0 Å². The zero-order chi connectivity index (χ0) is 11.4. The lowest BCUT2D eigenvalue weighted by Gasteiger charge is -2.23. The average molecular weight is 219 g/mol. The van der Waals surface area contributed by atoms with Crippen molar-refractivity contribution in [2.45, 2.75) is 32.3 Å². The van der Waals surface area contributed by atoms with Crippen LogP contribution in [0, 0.1) is 5.92 Å². The molecule has 1 aliphatic rings. The molecule has 16 heavy (non-hydrogen) atoms. The zero-order valence-electron chi connectivity index (χ0n) is 9.95. The minimum atomic E-state index is -0.357. The summed E-state index contributed by atoms with van der Waals surface area (Å²) in [6.07, 6.45) is 3.39. The van der Waals surface area contributed by atoms with Gasteiger partial charge in [0, 0.05) is 0 Å². The van der Waals surface area contributed by atoms with E-state index in [1.54, 1.807) is 0 Å². The van der Waals surface area contributed by atoms with Crippen molar-refractivity contribution in [1.29, 1.82) is 0 Å². The fraction of sp³-hybridized carbons (Fsp3) is 0.571. The minimum absolute atomic E-state index is 0.357. The molecule has 88 valence electrons. The van der Waals surface area contributed by atoms with Gasteiger partial charge < -0.3 is 10.4 Å². The Kier molecular flexibility index (Phi) is 3.97. The first-order valence-electron chi connectivity index (χ1n) is 6.23. The summed E-state index contributed by atoms with van der Waals surface area (Å²) in [4.78, 5) is 0. The maximum atomic E-state index is 9.54. The monoisotopic (exact) mass is 219 g/mol. The molecule has 0 aliphatic carbocycles. The summed E-state index contributed by atoms with van der Waals surface area (Å²) in [5.41, 5.74) is 2.38. The Balaban J connectivity index is 2.00. The van der Waals surface area contributed by atoms with E-state index in [2.05, 4.69) is 17.4 Å². The molecule has 0 saturated carbocycles. The lowest BCUT2D eigenvalue weighted by molar-refractivity contribution is 0.199. The average Bonchev–Trinajstić information content (AvgIpc) is 2.30. The van der Waals surface area contributed by atoms with Crippen LogP contribution in [-0.2, 0) is 6.42 Å². The largest absolute Gasteiger partial charge is 0.389 e. The highest BCUT2D eigenvalue weighted by Gasteiger charge is 2.13. The number of aliphatic hydroxyl groups is 1. The minimum Gasteiger partial charge on any atom is -0.389 e. The van der Waals surface area contributed by atoms with Gasteiger partial charge in [-0.1, -0.05) is 24.3 Å². The molecule has 0 amide bonds. The summed E-state index contributed by atoms with van der Waals surface area (Å²) < 4.78 is 0. The molecule has 1 aliphatic heterocycles. The summed E-state index contributed by atoms with van der Waals surface area (Å²) in [5.74, 6) is 0.762. The van der Waals surface area contributed by atoms with Gasteiger partial charge in [-0.05, 0) is 56.3 Å². The number of hydrogen-bond acceptors (Lipinski definition) is 2. The quantitative estimate of drug-likeness (QED) is 0.817. The van der Waals surface area contributed by atoms with E-state index in [1.165, 1.54) is 24.9 Å². The molecule has 1 heterocycles. The molecule has 2 N–H and O–H groups in total. The third-order valence-corrected chi connectivity index (χ3v) is 3.36. The van der Waals surface area contributed by atoms with Crippen LogP contribution in [0.5, 0.6) is 0 Å². The van der Waals surface area contributed by atoms with Crippen LogP contribution >= 0.6 is 0 Å². The van der Waals surface area contributed by atoms with Gasteiger partial charge in [-0.2, -0.15) is 0 Å². The van der Waals surface area contributed by atoms with Gasteiger partial charge in [0.05, 0.1) is 6.10 Å². The molecule has 0 aromatic heterocycles. The third kappa shape index (κ3) is 3.06. The van der Waals surface area contributed by atoms with E-state index < -0.39 is 0 Å². The molecule has 2 heteroatoms. The second-order valence-electron chi connectivity index (χ2n) is 4.84. The topological polar surface area (TPSA) is 32.3 Å². The fourth-order valence-corrected chi connectivity index (χ4v) is 2.41. The summed E-state index contributed by atoms with van der Waals surface area (Å²) in [6.45, 7) is 4.13. The van der Waals surface area contributed by atoms with Crippen molar-refractivity contribution < 1.29 is 5.11 Å². The number of rotatable bonds is 3. The van der Waals surface area contributed by atoms with Crippen LogP contribution < -0.4 is 5.32 Å². The van der Waals surface area contributed by atoms with Crippen LogP contribution in [0.4, 0.5) is 0 Å². The van der Waals surface area contributed by atoms with Gasteiger partial charge in [-0.25, -0.2) is 0 Å². The second kappa shape index (κ2) is 5.46. The van der Waals surface area contributed by atoms with Crippen LogP contribution in [-0.4, -0.2) is 18.2 Å². The molecule has 2 unspecified atom stereocenters. The number of aliphatic hydroxyl groups excluding tert-OH is 1. The first-order valence-corrected chi connectivity index (χ1v) is 6.23. The molecular weight excluding hydrogens is 198 g/mol. The highest BCUT2D eigenvalue weighted by Crippen LogP contribution is 2.19. The first kappa shape index (κ1) is 11.6. The van der Waals surface area contributed by atoms with Gasteiger partial charge in [0.2, 0.25) is 0 Å². The molecule has 2 atom stereocenters. The number of hydrogen-bond donors (Lipinski definition) is 2. The van der Waals surface area contributed by atoms with E-state index in [0.29, 0.717) is 0 Å². The standard InChI is InChI=1S/C14H21NO/c1-11(16)14-6-2-4-12(9-14)8-13-5-3-7-15-10-13/h2,4,6,9,11,13,15-16H,3,5,7-8,10H2,1H3. The summed E-state index contributed by atoms with van der Waals surface area (Å²) >= 11 is 0. The summed E-state index contributed by atoms with van der Waals surface area (Å²) in [7, 11) is 0. The Morgan fingerprint density at radius 1 is 1.50 bits per heavy atom. The molecule has 1 aromatic rings.